The van der Waals surface area contributed by atoms with Crippen molar-refractivity contribution in [3.63, 3.8) is 0 Å². The molecule has 2 amide bonds. The molecule has 0 fully saturated rings. The molecule has 0 aliphatic carbocycles. The SMILES string of the molecule is CCCNC(=O)[C@H](C)N(Cc1ccc(Cl)c(Cl)c1)C(=O)CCCN1c2cccc3cccc(c23)S1(=O)=O. The number of nitrogens with one attached hydrogen (secondary N) is 1. The molecule has 10 heteroatoms. The number of nitrogens with zero attached hydrogens (tertiary/aromatic N) is 2. The standard InChI is InChI=1S/C27H29Cl2N3O4S/c1-3-14-30-27(34)18(2)31(17-19-12-13-21(28)22(29)16-19)25(33)11-6-15-32-23-9-4-7-20-8-5-10-24(26(20)23)37(32,35)36/h4-5,7-10,12-13,16,18H,3,6,11,14-15,17H2,1-2H3,(H,30,34)/t18-/m0/s1. The maximum atomic E-state index is 13.4. The number of hydrogen-bond acceptors (Lipinski definition) is 4. The van der Waals surface area contributed by atoms with E-state index in [1.165, 1.54) is 9.21 Å². The van der Waals surface area contributed by atoms with E-state index in [2.05, 4.69) is 5.32 Å². The van der Waals surface area contributed by atoms with Gasteiger partial charge in [0.2, 0.25) is 11.8 Å². The Morgan fingerprint density at radius 2 is 1.78 bits per heavy atom. The summed E-state index contributed by atoms with van der Waals surface area (Å²) in [5, 5.41) is 5.17. The summed E-state index contributed by atoms with van der Waals surface area (Å²) in [6.07, 6.45) is 1.15. The minimum absolute atomic E-state index is 0.0745. The number of sulfonamides is 1. The third-order valence-electron chi connectivity index (χ3n) is 6.49. The first kappa shape index (κ1) is 27.2. The highest BCUT2D eigenvalue weighted by Gasteiger charge is 2.35. The third-order valence-corrected chi connectivity index (χ3v) is 9.08. The monoisotopic (exact) mass is 561 g/mol. The fourth-order valence-corrected chi connectivity index (χ4v) is 6.60. The van der Waals surface area contributed by atoms with E-state index in [0.717, 1.165) is 17.4 Å². The summed E-state index contributed by atoms with van der Waals surface area (Å²) in [4.78, 5) is 27.9. The van der Waals surface area contributed by atoms with Crippen LogP contribution in [0.2, 0.25) is 10.0 Å². The summed E-state index contributed by atoms with van der Waals surface area (Å²) in [6, 6.07) is 15.1. The molecule has 3 aromatic carbocycles. The van der Waals surface area contributed by atoms with Crippen LogP contribution in [-0.4, -0.2) is 44.3 Å². The van der Waals surface area contributed by atoms with Crippen molar-refractivity contribution in [2.45, 2.75) is 50.6 Å². The number of hydrogen-bond donors (Lipinski definition) is 1. The number of amides is 2. The Bertz CT molecular complexity index is 1440. The summed E-state index contributed by atoms with van der Waals surface area (Å²) in [7, 11) is -3.70. The van der Waals surface area contributed by atoms with Crippen LogP contribution in [0, 0.1) is 0 Å². The highest BCUT2D eigenvalue weighted by Crippen LogP contribution is 2.42. The number of carbonyl (C=O) groups excluding carboxylic acids is 2. The lowest BCUT2D eigenvalue weighted by molar-refractivity contribution is -0.140. The molecule has 1 atom stereocenters. The van der Waals surface area contributed by atoms with Crippen LogP contribution in [0.1, 0.15) is 38.7 Å². The summed E-state index contributed by atoms with van der Waals surface area (Å²) >= 11 is 12.2. The van der Waals surface area contributed by atoms with Crippen LogP contribution in [0.5, 0.6) is 0 Å². The molecule has 1 N–H and O–H groups in total. The molecular formula is C27H29Cl2N3O4S. The van der Waals surface area contributed by atoms with Crippen molar-refractivity contribution in [1.29, 1.82) is 0 Å². The lowest BCUT2D eigenvalue weighted by atomic mass is 10.1. The molecule has 0 aromatic heterocycles. The van der Waals surface area contributed by atoms with Crippen LogP contribution in [0.15, 0.2) is 59.5 Å². The summed E-state index contributed by atoms with van der Waals surface area (Å²) in [5.41, 5.74) is 1.36. The maximum Gasteiger partial charge on any atom is 0.265 e. The smallest absolute Gasteiger partial charge is 0.265 e. The van der Waals surface area contributed by atoms with Crippen molar-refractivity contribution in [3.05, 3.63) is 70.2 Å². The Kier molecular flexibility index (Phi) is 8.31. The van der Waals surface area contributed by atoms with Crippen LogP contribution in [0.4, 0.5) is 5.69 Å². The summed E-state index contributed by atoms with van der Waals surface area (Å²) in [6.45, 7) is 4.47. The predicted octanol–water partition coefficient (Wildman–Crippen LogP) is 5.38. The van der Waals surface area contributed by atoms with Crippen LogP contribution in [-0.2, 0) is 26.2 Å². The molecule has 7 nitrogen and oxygen atoms in total. The minimum atomic E-state index is -3.70. The summed E-state index contributed by atoms with van der Waals surface area (Å²) < 4.78 is 27.8. The van der Waals surface area contributed by atoms with E-state index in [1.807, 2.05) is 25.1 Å². The molecule has 0 saturated heterocycles. The Hall–Kier alpha value is -2.81. The van der Waals surface area contributed by atoms with Gasteiger partial charge in [0, 0.05) is 31.4 Å². The van der Waals surface area contributed by atoms with Gasteiger partial charge >= 0.3 is 0 Å². The number of rotatable bonds is 10. The first-order valence-electron chi connectivity index (χ1n) is 12.2. The molecule has 196 valence electrons. The molecule has 37 heavy (non-hydrogen) atoms. The molecule has 1 aliphatic heterocycles. The Balaban J connectivity index is 1.50. The highest BCUT2D eigenvalue weighted by molar-refractivity contribution is 7.93. The van der Waals surface area contributed by atoms with E-state index in [9.17, 15) is 18.0 Å². The fourth-order valence-electron chi connectivity index (χ4n) is 4.53. The quantitative estimate of drug-likeness (QED) is 0.360. The Labute approximate surface area is 227 Å². The molecule has 0 radical (unpaired) electrons. The summed E-state index contributed by atoms with van der Waals surface area (Å²) in [5.74, 6) is -0.503. The normalized spacial score (nSPS) is 14.5. The second-order valence-electron chi connectivity index (χ2n) is 9.05. The van der Waals surface area contributed by atoms with E-state index >= 15 is 0 Å². The minimum Gasteiger partial charge on any atom is -0.354 e. The van der Waals surface area contributed by atoms with Gasteiger partial charge in [0.05, 0.1) is 20.6 Å². The van der Waals surface area contributed by atoms with E-state index < -0.39 is 16.1 Å². The molecule has 1 heterocycles. The van der Waals surface area contributed by atoms with Crippen LogP contribution >= 0.6 is 23.2 Å². The van der Waals surface area contributed by atoms with Crippen molar-refractivity contribution in [2.75, 3.05) is 17.4 Å². The Morgan fingerprint density at radius 3 is 2.49 bits per heavy atom. The largest absolute Gasteiger partial charge is 0.354 e. The first-order valence-corrected chi connectivity index (χ1v) is 14.4. The van der Waals surface area contributed by atoms with Crippen LogP contribution in [0.25, 0.3) is 10.8 Å². The highest BCUT2D eigenvalue weighted by atomic mass is 35.5. The molecule has 4 rings (SSSR count). The lowest BCUT2D eigenvalue weighted by Gasteiger charge is -2.29. The maximum absolute atomic E-state index is 13.4. The van der Waals surface area contributed by atoms with E-state index in [4.69, 9.17) is 23.2 Å². The fraction of sp³-hybridized carbons (Fsp3) is 0.333. The third kappa shape index (κ3) is 5.56. The van der Waals surface area contributed by atoms with Crippen LogP contribution in [0.3, 0.4) is 0 Å². The second-order valence-corrected chi connectivity index (χ2v) is 11.7. The zero-order valence-corrected chi connectivity index (χ0v) is 23.0. The molecule has 3 aromatic rings. The second kappa shape index (κ2) is 11.3. The van der Waals surface area contributed by atoms with E-state index in [-0.39, 0.29) is 36.2 Å². The van der Waals surface area contributed by atoms with Gasteiger partial charge in [0.15, 0.2) is 0 Å². The average molecular weight is 563 g/mol. The topological polar surface area (TPSA) is 86.8 Å². The lowest BCUT2D eigenvalue weighted by Crippen LogP contribution is -2.47. The van der Waals surface area contributed by atoms with Gasteiger partial charge in [-0.05, 0) is 55.0 Å². The predicted molar refractivity (Wildman–Crippen MR) is 147 cm³/mol. The molecule has 0 saturated carbocycles. The van der Waals surface area contributed by atoms with Crippen molar-refractivity contribution in [1.82, 2.24) is 10.2 Å². The van der Waals surface area contributed by atoms with Gasteiger partial charge in [0.1, 0.15) is 6.04 Å². The van der Waals surface area contributed by atoms with E-state index in [1.54, 1.807) is 43.3 Å². The number of benzene rings is 3. The number of halogens is 2. The zero-order chi connectivity index (χ0) is 26.7. The van der Waals surface area contributed by atoms with Gasteiger partial charge in [-0.15, -0.1) is 0 Å². The zero-order valence-electron chi connectivity index (χ0n) is 20.7. The average Bonchev–Trinajstić information content (AvgIpc) is 3.10. The van der Waals surface area contributed by atoms with Gasteiger partial charge in [-0.2, -0.15) is 0 Å². The Morgan fingerprint density at radius 1 is 1.05 bits per heavy atom. The number of carbonyl (C=O) groups is 2. The van der Waals surface area contributed by atoms with Crippen molar-refractivity contribution in [2.24, 2.45) is 0 Å². The van der Waals surface area contributed by atoms with Gasteiger partial charge in [0.25, 0.3) is 10.0 Å². The molecular weight excluding hydrogens is 533 g/mol. The van der Waals surface area contributed by atoms with Gasteiger partial charge in [-0.1, -0.05) is 60.5 Å². The molecule has 1 aliphatic rings. The van der Waals surface area contributed by atoms with Crippen molar-refractivity contribution >= 4 is 61.5 Å². The van der Waals surface area contributed by atoms with Crippen LogP contribution < -0.4 is 9.62 Å². The van der Waals surface area contributed by atoms with Crippen molar-refractivity contribution < 1.29 is 18.0 Å². The number of anilines is 1. The molecule has 0 spiro atoms. The molecule has 0 bridgehead atoms. The first-order chi connectivity index (χ1) is 17.6. The van der Waals surface area contributed by atoms with Gasteiger partial charge in [-0.3, -0.25) is 13.9 Å². The molecule has 0 unspecified atom stereocenters. The van der Waals surface area contributed by atoms with Crippen molar-refractivity contribution in [3.8, 4) is 0 Å². The van der Waals surface area contributed by atoms with Gasteiger partial charge in [-0.25, -0.2) is 8.42 Å². The van der Waals surface area contributed by atoms with E-state index in [0.29, 0.717) is 34.1 Å². The van der Waals surface area contributed by atoms with Gasteiger partial charge < -0.3 is 10.2 Å².